The molecule has 0 radical (unpaired) electrons. The Bertz CT molecular complexity index is 773. The van der Waals surface area contributed by atoms with Gasteiger partial charge in [0, 0.05) is 24.0 Å². The first-order valence-corrected chi connectivity index (χ1v) is 9.33. The summed E-state index contributed by atoms with van der Waals surface area (Å²) in [7, 11) is 1.89. The number of alkyl halides is 3. The van der Waals surface area contributed by atoms with Gasteiger partial charge in [-0.3, -0.25) is 4.79 Å². The lowest BCUT2D eigenvalue weighted by molar-refractivity contribution is -0.137. The van der Waals surface area contributed by atoms with Crippen LogP contribution in [0.2, 0.25) is 0 Å². The maximum atomic E-state index is 12.9. The smallest absolute Gasteiger partial charge is 0.337 e. The van der Waals surface area contributed by atoms with E-state index in [-0.39, 0.29) is 5.91 Å². The molecule has 1 N–H and O–H groups in total. The van der Waals surface area contributed by atoms with E-state index in [1.807, 2.05) is 7.05 Å². The number of likely N-dealkylation sites (tertiary alicyclic amines) is 1. The highest BCUT2D eigenvalue weighted by Crippen LogP contribution is 2.33. The van der Waals surface area contributed by atoms with Gasteiger partial charge in [-0.2, -0.15) is 13.2 Å². The second-order valence-electron chi connectivity index (χ2n) is 6.43. The number of halogens is 3. The van der Waals surface area contributed by atoms with Crippen LogP contribution in [0, 0.1) is 5.92 Å². The number of amides is 1. The zero-order chi connectivity index (χ0) is 18.7. The Hall–Kier alpha value is -1.93. The van der Waals surface area contributed by atoms with E-state index in [0.717, 1.165) is 31.5 Å². The molecular formula is C18H20F3N3OS. The number of thiazole rings is 1. The largest absolute Gasteiger partial charge is 0.416 e. The van der Waals surface area contributed by atoms with E-state index in [1.165, 1.54) is 17.4 Å². The van der Waals surface area contributed by atoms with Crippen LogP contribution < -0.4 is 5.32 Å². The molecule has 1 aliphatic rings. The zero-order valence-corrected chi connectivity index (χ0v) is 15.2. The molecule has 1 saturated heterocycles. The van der Waals surface area contributed by atoms with E-state index in [4.69, 9.17) is 0 Å². The molecular weight excluding hydrogens is 363 g/mol. The fourth-order valence-electron chi connectivity index (χ4n) is 3.20. The van der Waals surface area contributed by atoms with Crippen molar-refractivity contribution in [1.29, 1.82) is 0 Å². The van der Waals surface area contributed by atoms with Crippen molar-refractivity contribution < 1.29 is 18.0 Å². The summed E-state index contributed by atoms with van der Waals surface area (Å²) in [4.78, 5) is 18.8. The maximum Gasteiger partial charge on any atom is 0.416 e. The van der Waals surface area contributed by atoms with Crippen LogP contribution in [0.1, 0.15) is 28.9 Å². The molecule has 1 aromatic carbocycles. The van der Waals surface area contributed by atoms with Gasteiger partial charge in [0.05, 0.1) is 5.56 Å². The van der Waals surface area contributed by atoms with Crippen molar-refractivity contribution in [1.82, 2.24) is 15.2 Å². The van der Waals surface area contributed by atoms with Crippen molar-refractivity contribution >= 4 is 17.2 Å². The van der Waals surface area contributed by atoms with Gasteiger partial charge in [-0.05, 0) is 44.5 Å². The first kappa shape index (κ1) is 18.8. The molecule has 0 spiro atoms. The quantitative estimate of drug-likeness (QED) is 0.871. The number of hydrogen-bond donors (Lipinski definition) is 1. The zero-order valence-electron chi connectivity index (χ0n) is 14.3. The summed E-state index contributed by atoms with van der Waals surface area (Å²) in [5.41, 5.74) is -0.0490. The Labute approximate surface area is 154 Å². The number of nitrogens with one attached hydrogen (secondary N) is 1. The molecule has 1 amide bonds. The second kappa shape index (κ2) is 7.75. The van der Waals surface area contributed by atoms with E-state index in [1.54, 1.807) is 16.3 Å². The summed E-state index contributed by atoms with van der Waals surface area (Å²) < 4.78 is 38.6. The topological polar surface area (TPSA) is 45.2 Å². The summed E-state index contributed by atoms with van der Waals surface area (Å²) in [5, 5.41) is 5.18. The molecule has 2 heterocycles. The molecule has 0 aliphatic carbocycles. The van der Waals surface area contributed by atoms with E-state index in [9.17, 15) is 18.0 Å². The van der Waals surface area contributed by atoms with Gasteiger partial charge in [-0.25, -0.2) is 4.98 Å². The third-order valence-electron chi connectivity index (χ3n) is 4.46. The molecule has 1 aliphatic heterocycles. The van der Waals surface area contributed by atoms with Crippen LogP contribution in [0.5, 0.6) is 0 Å². The number of nitrogens with zero attached hydrogens (tertiary/aromatic N) is 2. The highest BCUT2D eigenvalue weighted by atomic mass is 32.1. The van der Waals surface area contributed by atoms with Crippen molar-refractivity contribution in [3.05, 3.63) is 40.9 Å². The van der Waals surface area contributed by atoms with Crippen LogP contribution in [0.4, 0.5) is 13.2 Å². The van der Waals surface area contributed by atoms with Gasteiger partial charge in [-0.1, -0.05) is 12.1 Å². The average molecular weight is 383 g/mol. The number of aromatic nitrogens is 1. The predicted octanol–water partition coefficient (Wildman–Crippen LogP) is 3.90. The fourth-order valence-corrected chi connectivity index (χ4v) is 3.99. The minimum atomic E-state index is -4.40. The van der Waals surface area contributed by atoms with Crippen LogP contribution in [0.3, 0.4) is 0 Å². The maximum absolute atomic E-state index is 12.9. The van der Waals surface area contributed by atoms with Crippen LogP contribution >= 0.6 is 11.3 Å². The Morgan fingerprint density at radius 1 is 1.42 bits per heavy atom. The number of carbonyl (C=O) groups is 1. The molecule has 4 nitrogen and oxygen atoms in total. The van der Waals surface area contributed by atoms with Crippen LogP contribution in [-0.4, -0.2) is 42.5 Å². The molecule has 140 valence electrons. The van der Waals surface area contributed by atoms with Crippen molar-refractivity contribution in [2.24, 2.45) is 5.92 Å². The van der Waals surface area contributed by atoms with Crippen molar-refractivity contribution in [2.45, 2.75) is 19.0 Å². The summed E-state index contributed by atoms with van der Waals surface area (Å²) >= 11 is 1.19. The average Bonchev–Trinajstić information content (AvgIpc) is 3.11. The number of rotatable bonds is 4. The Morgan fingerprint density at radius 2 is 2.23 bits per heavy atom. The number of carbonyl (C=O) groups excluding carboxylic acids is 1. The van der Waals surface area contributed by atoms with E-state index in [2.05, 4.69) is 10.3 Å². The van der Waals surface area contributed by atoms with Gasteiger partial charge in [0.15, 0.2) is 0 Å². The summed E-state index contributed by atoms with van der Waals surface area (Å²) in [6.45, 7) is 2.22. The lowest BCUT2D eigenvalue weighted by Gasteiger charge is -2.32. The molecule has 26 heavy (non-hydrogen) atoms. The normalized spacial score (nSPS) is 18.2. The lowest BCUT2D eigenvalue weighted by Crippen LogP contribution is -2.42. The Morgan fingerprint density at radius 3 is 2.96 bits per heavy atom. The molecule has 0 saturated carbocycles. The standard InChI is InChI=1S/C18H20F3N3OS/c1-22-9-12-4-3-7-24(10-12)17(25)15-11-26-16(23-15)13-5-2-6-14(8-13)18(19,20)21/h2,5-6,8,11-12,22H,3-4,7,9-10H2,1H3. The molecule has 1 unspecified atom stereocenters. The molecule has 1 fully saturated rings. The lowest BCUT2D eigenvalue weighted by atomic mass is 9.98. The molecule has 0 bridgehead atoms. The van der Waals surface area contributed by atoms with E-state index < -0.39 is 11.7 Å². The SMILES string of the molecule is CNCC1CCCN(C(=O)c2csc(-c3cccc(C(F)(F)F)c3)n2)C1. The van der Waals surface area contributed by atoms with Gasteiger partial charge >= 0.3 is 6.18 Å². The Balaban J connectivity index is 1.76. The third-order valence-corrected chi connectivity index (χ3v) is 5.35. The summed E-state index contributed by atoms with van der Waals surface area (Å²) in [6, 6.07) is 5.02. The van der Waals surface area contributed by atoms with Crippen molar-refractivity contribution in [3.8, 4) is 10.6 Å². The van der Waals surface area contributed by atoms with E-state index in [0.29, 0.717) is 35.3 Å². The first-order chi connectivity index (χ1) is 12.4. The summed E-state index contributed by atoms with van der Waals surface area (Å²) in [5.74, 6) is 0.263. The van der Waals surface area contributed by atoms with Gasteiger partial charge in [0.25, 0.3) is 5.91 Å². The third kappa shape index (κ3) is 4.24. The van der Waals surface area contributed by atoms with Gasteiger partial charge in [0.1, 0.15) is 10.7 Å². The molecule has 1 aromatic heterocycles. The van der Waals surface area contributed by atoms with Crippen LogP contribution in [0.25, 0.3) is 10.6 Å². The highest BCUT2D eigenvalue weighted by Gasteiger charge is 2.31. The second-order valence-corrected chi connectivity index (χ2v) is 7.29. The number of benzene rings is 1. The van der Waals surface area contributed by atoms with Gasteiger partial charge in [0.2, 0.25) is 0 Å². The first-order valence-electron chi connectivity index (χ1n) is 8.45. The number of piperidine rings is 1. The number of hydrogen-bond acceptors (Lipinski definition) is 4. The van der Waals surface area contributed by atoms with E-state index >= 15 is 0 Å². The molecule has 8 heteroatoms. The van der Waals surface area contributed by atoms with Gasteiger partial charge in [-0.15, -0.1) is 11.3 Å². The highest BCUT2D eigenvalue weighted by molar-refractivity contribution is 7.13. The van der Waals surface area contributed by atoms with Gasteiger partial charge < -0.3 is 10.2 Å². The Kier molecular flexibility index (Phi) is 5.62. The summed E-state index contributed by atoms with van der Waals surface area (Å²) in [6.07, 6.45) is -2.37. The van der Waals surface area contributed by atoms with Crippen LogP contribution in [0.15, 0.2) is 29.6 Å². The van der Waals surface area contributed by atoms with Crippen LogP contribution in [-0.2, 0) is 6.18 Å². The minimum absolute atomic E-state index is 0.153. The van der Waals surface area contributed by atoms with Crippen molar-refractivity contribution in [3.63, 3.8) is 0 Å². The van der Waals surface area contributed by atoms with Crippen molar-refractivity contribution in [2.75, 3.05) is 26.7 Å². The monoisotopic (exact) mass is 383 g/mol. The predicted molar refractivity (Wildman–Crippen MR) is 95.1 cm³/mol. The fraction of sp³-hybridized carbons (Fsp3) is 0.444. The minimum Gasteiger partial charge on any atom is -0.337 e. The molecule has 2 aromatic rings. The molecule has 1 atom stereocenters. The molecule has 3 rings (SSSR count).